The van der Waals surface area contributed by atoms with Gasteiger partial charge in [0.1, 0.15) is 0 Å². The summed E-state index contributed by atoms with van der Waals surface area (Å²) in [4.78, 5) is 0. The van der Waals surface area contributed by atoms with E-state index in [0.717, 1.165) is 31.3 Å². The first kappa shape index (κ1) is 12.6. The highest BCUT2D eigenvalue weighted by Gasteiger charge is 2.36. The van der Waals surface area contributed by atoms with Gasteiger partial charge < -0.3 is 9.84 Å². The Morgan fingerprint density at radius 3 is 2.82 bits per heavy atom. The lowest BCUT2D eigenvalue weighted by molar-refractivity contribution is -0.0650. The van der Waals surface area contributed by atoms with Crippen molar-refractivity contribution in [2.75, 3.05) is 0 Å². The zero-order chi connectivity index (χ0) is 12.4. The number of aliphatic hydroxyl groups excluding tert-OH is 1. The molecule has 0 bridgehead atoms. The van der Waals surface area contributed by atoms with Crippen molar-refractivity contribution in [3.8, 4) is 0 Å². The number of hydrogen-bond acceptors (Lipinski definition) is 2. The van der Waals surface area contributed by atoms with Crippen molar-refractivity contribution in [1.29, 1.82) is 0 Å². The molecule has 0 amide bonds. The SMILES string of the molecule is C=C1[C@@H](O)O[C@@H]2/C=C(/C)CC/C=C(/C)CC[C@@H]12. The average Bonchev–Trinajstić information content (AvgIpc) is 2.52. The largest absolute Gasteiger partial charge is 0.364 e. The monoisotopic (exact) mass is 234 g/mol. The summed E-state index contributed by atoms with van der Waals surface area (Å²) in [7, 11) is 0. The molecule has 2 heteroatoms. The summed E-state index contributed by atoms with van der Waals surface area (Å²) < 4.78 is 5.58. The topological polar surface area (TPSA) is 29.5 Å². The van der Waals surface area contributed by atoms with E-state index in [9.17, 15) is 5.11 Å². The highest BCUT2D eigenvalue weighted by Crippen LogP contribution is 2.36. The number of hydrogen-bond donors (Lipinski definition) is 1. The zero-order valence-electron chi connectivity index (χ0n) is 10.8. The highest BCUT2D eigenvalue weighted by molar-refractivity contribution is 5.20. The van der Waals surface area contributed by atoms with Crippen LogP contribution in [0.15, 0.2) is 35.5 Å². The van der Waals surface area contributed by atoms with Crippen LogP contribution >= 0.6 is 0 Å². The van der Waals surface area contributed by atoms with E-state index in [1.807, 2.05) is 0 Å². The first-order chi connectivity index (χ1) is 8.08. The minimum Gasteiger partial charge on any atom is -0.364 e. The van der Waals surface area contributed by atoms with Crippen LogP contribution in [0.1, 0.15) is 39.5 Å². The van der Waals surface area contributed by atoms with Crippen LogP contribution < -0.4 is 0 Å². The van der Waals surface area contributed by atoms with Gasteiger partial charge in [0, 0.05) is 5.92 Å². The van der Waals surface area contributed by atoms with Crippen molar-refractivity contribution >= 4 is 0 Å². The molecular weight excluding hydrogens is 212 g/mol. The Balaban J connectivity index is 2.21. The van der Waals surface area contributed by atoms with Crippen LogP contribution in [-0.4, -0.2) is 17.5 Å². The molecule has 0 saturated carbocycles. The highest BCUT2D eigenvalue weighted by atomic mass is 16.6. The minimum atomic E-state index is -0.779. The van der Waals surface area contributed by atoms with E-state index in [1.165, 1.54) is 11.1 Å². The molecule has 2 rings (SSSR count). The minimum absolute atomic E-state index is 0.0170. The molecule has 0 aromatic heterocycles. The molecule has 0 radical (unpaired) electrons. The molecular formula is C15H22O2. The molecule has 1 heterocycles. The van der Waals surface area contributed by atoms with Crippen LogP contribution in [0, 0.1) is 5.92 Å². The molecule has 2 nitrogen and oxygen atoms in total. The summed E-state index contributed by atoms with van der Waals surface area (Å²) in [5.74, 6) is 0.265. The first-order valence-electron chi connectivity index (χ1n) is 6.43. The van der Waals surface area contributed by atoms with Gasteiger partial charge >= 0.3 is 0 Å². The Labute approximate surface area is 104 Å². The zero-order valence-corrected chi connectivity index (χ0v) is 10.8. The van der Waals surface area contributed by atoms with Gasteiger partial charge in [-0.15, -0.1) is 0 Å². The maximum atomic E-state index is 9.74. The van der Waals surface area contributed by atoms with Crippen LogP contribution in [0.25, 0.3) is 0 Å². The van der Waals surface area contributed by atoms with Crippen molar-refractivity contribution in [2.45, 2.75) is 51.9 Å². The molecule has 1 aliphatic carbocycles. The van der Waals surface area contributed by atoms with Gasteiger partial charge in [0.2, 0.25) is 0 Å². The Morgan fingerprint density at radius 2 is 2.06 bits per heavy atom. The first-order valence-corrected chi connectivity index (χ1v) is 6.43. The van der Waals surface area contributed by atoms with Crippen molar-refractivity contribution in [3.05, 3.63) is 35.5 Å². The second-order valence-electron chi connectivity index (χ2n) is 5.28. The van der Waals surface area contributed by atoms with E-state index in [2.05, 4.69) is 32.6 Å². The van der Waals surface area contributed by atoms with Crippen LogP contribution in [0.2, 0.25) is 0 Å². The number of aliphatic hydroxyl groups is 1. The molecule has 1 fully saturated rings. The molecule has 0 unspecified atom stereocenters. The predicted octanol–water partition coefficient (Wildman–Crippen LogP) is 3.34. The third-order valence-corrected chi connectivity index (χ3v) is 3.81. The number of fused-ring (bicyclic) bond motifs is 1. The van der Waals surface area contributed by atoms with Crippen molar-refractivity contribution in [1.82, 2.24) is 0 Å². The number of rotatable bonds is 0. The summed E-state index contributed by atoms with van der Waals surface area (Å²) in [5.41, 5.74) is 3.62. The van der Waals surface area contributed by atoms with E-state index >= 15 is 0 Å². The fourth-order valence-corrected chi connectivity index (χ4v) is 2.63. The molecule has 1 saturated heterocycles. The summed E-state index contributed by atoms with van der Waals surface area (Å²) in [6.45, 7) is 8.29. The summed E-state index contributed by atoms with van der Waals surface area (Å²) in [6, 6.07) is 0. The summed E-state index contributed by atoms with van der Waals surface area (Å²) >= 11 is 0. The average molecular weight is 234 g/mol. The molecule has 1 aliphatic heterocycles. The lowest BCUT2D eigenvalue weighted by atomic mass is 9.88. The lowest BCUT2D eigenvalue weighted by Gasteiger charge is -2.18. The van der Waals surface area contributed by atoms with Gasteiger partial charge in [-0.05, 0) is 45.1 Å². The fourth-order valence-electron chi connectivity index (χ4n) is 2.63. The fraction of sp³-hybridized carbons (Fsp3) is 0.600. The van der Waals surface area contributed by atoms with Gasteiger partial charge in [-0.3, -0.25) is 0 Å². The third-order valence-electron chi connectivity index (χ3n) is 3.81. The smallest absolute Gasteiger partial charge is 0.177 e. The summed E-state index contributed by atoms with van der Waals surface area (Å²) in [5, 5.41) is 9.74. The third kappa shape index (κ3) is 2.88. The quantitative estimate of drug-likeness (QED) is 0.651. The Kier molecular flexibility index (Phi) is 3.85. The van der Waals surface area contributed by atoms with E-state index in [-0.39, 0.29) is 12.0 Å². The Bertz CT molecular complexity index is 365. The van der Waals surface area contributed by atoms with Gasteiger partial charge in [0.25, 0.3) is 0 Å². The van der Waals surface area contributed by atoms with Crippen molar-refractivity contribution < 1.29 is 9.84 Å². The standard InChI is InChI=1S/C15H22O2/c1-10-5-4-6-11(2)9-14-13(8-7-10)12(3)15(16)17-14/h5,9,13-16H,3-4,6-8H2,1-2H3/b10-5-,11-9-/t13-,14+,15-/m0/s1. The van der Waals surface area contributed by atoms with Gasteiger partial charge in [-0.25, -0.2) is 0 Å². The molecule has 1 N–H and O–H groups in total. The van der Waals surface area contributed by atoms with Gasteiger partial charge in [0.05, 0.1) is 6.10 Å². The van der Waals surface area contributed by atoms with E-state index < -0.39 is 6.29 Å². The normalized spacial score (nSPS) is 41.1. The molecule has 2 aliphatic rings. The maximum Gasteiger partial charge on any atom is 0.177 e. The van der Waals surface area contributed by atoms with E-state index in [0.29, 0.717) is 0 Å². The molecule has 94 valence electrons. The Hall–Kier alpha value is -0.860. The Morgan fingerprint density at radius 1 is 1.29 bits per heavy atom. The molecule has 3 atom stereocenters. The van der Waals surface area contributed by atoms with Crippen molar-refractivity contribution in [3.63, 3.8) is 0 Å². The van der Waals surface area contributed by atoms with Crippen molar-refractivity contribution in [2.24, 2.45) is 5.92 Å². The van der Waals surface area contributed by atoms with Crippen LogP contribution in [0.3, 0.4) is 0 Å². The van der Waals surface area contributed by atoms with E-state index in [4.69, 9.17) is 4.74 Å². The lowest BCUT2D eigenvalue weighted by Crippen LogP contribution is -2.15. The second kappa shape index (κ2) is 5.19. The van der Waals surface area contributed by atoms with Crippen LogP contribution in [0.4, 0.5) is 0 Å². The van der Waals surface area contributed by atoms with Crippen LogP contribution in [0.5, 0.6) is 0 Å². The number of ether oxygens (including phenoxy) is 1. The van der Waals surface area contributed by atoms with E-state index in [1.54, 1.807) is 0 Å². The van der Waals surface area contributed by atoms with Gasteiger partial charge in [0.15, 0.2) is 6.29 Å². The molecule has 17 heavy (non-hydrogen) atoms. The molecule has 0 spiro atoms. The van der Waals surface area contributed by atoms with Gasteiger partial charge in [-0.2, -0.15) is 0 Å². The van der Waals surface area contributed by atoms with Crippen LogP contribution in [-0.2, 0) is 4.74 Å². The number of allylic oxidation sites excluding steroid dienone is 3. The molecule has 0 aromatic carbocycles. The summed E-state index contributed by atoms with van der Waals surface area (Å²) in [6.07, 6.45) is 8.01. The second-order valence-corrected chi connectivity index (χ2v) is 5.28. The molecule has 0 aromatic rings. The predicted molar refractivity (Wildman–Crippen MR) is 69.5 cm³/mol. The van der Waals surface area contributed by atoms with Gasteiger partial charge in [-0.1, -0.05) is 29.9 Å². The maximum absolute atomic E-state index is 9.74.